The molecule has 1 unspecified atom stereocenters. The summed E-state index contributed by atoms with van der Waals surface area (Å²) in [5.74, 6) is -0.227. The quantitative estimate of drug-likeness (QED) is 0.867. The maximum atomic E-state index is 12.9. The van der Waals surface area contributed by atoms with Crippen molar-refractivity contribution in [3.8, 4) is 0 Å². The maximum Gasteiger partial charge on any atom is 0.137 e. The highest BCUT2D eigenvalue weighted by molar-refractivity contribution is 9.10. The third-order valence-electron chi connectivity index (χ3n) is 2.10. The number of benzene rings is 1. The Morgan fingerprint density at radius 3 is 2.71 bits per heavy atom. The van der Waals surface area contributed by atoms with Gasteiger partial charge in [0.2, 0.25) is 0 Å². The maximum absolute atomic E-state index is 12.9. The molecule has 0 spiro atoms. The molecule has 0 aliphatic carbocycles. The molecule has 0 bridgehead atoms. The standard InChI is InChI=1S/C10H13BrFNO/c11-9-4-7(1-2-10(9)12)3-8(5-13)6-14/h1-2,4,8,14H,3,5-6,13H2. The highest BCUT2D eigenvalue weighted by atomic mass is 79.9. The normalized spacial score (nSPS) is 12.9. The van der Waals surface area contributed by atoms with Crippen LogP contribution in [0.15, 0.2) is 22.7 Å². The van der Waals surface area contributed by atoms with E-state index in [1.54, 1.807) is 12.1 Å². The summed E-state index contributed by atoms with van der Waals surface area (Å²) in [5, 5.41) is 8.95. The first-order valence-electron chi connectivity index (χ1n) is 4.42. The minimum absolute atomic E-state index is 0.0485. The van der Waals surface area contributed by atoms with E-state index in [1.165, 1.54) is 6.07 Å². The number of rotatable bonds is 4. The van der Waals surface area contributed by atoms with Gasteiger partial charge in [0.1, 0.15) is 5.82 Å². The van der Waals surface area contributed by atoms with E-state index in [2.05, 4.69) is 15.9 Å². The highest BCUT2D eigenvalue weighted by Gasteiger charge is 2.07. The summed E-state index contributed by atoms with van der Waals surface area (Å²) in [7, 11) is 0. The van der Waals surface area contributed by atoms with Crippen molar-refractivity contribution in [3.63, 3.8) is 0 Å². The van der Waals surface area contributed by atoms with Gasteiger partial charge in [-0.3, -0.25) is 0 Å². The van der Waals surface area contributed by atoms with Gasteiger partial charge in [-0.25, -0.2) is 4.39 Å². The first-order chi connectivity index (χ1) is 6.67. The molecule has 1 atom stereocenters. The lowest BCUT2D eigenvalue weighted by molar-refractivity contribution is 0.230. The zero-order chi connectivity index (χ0) is 10.6. The van der Waals surface area contributed by atoms with Crippen LogP contribution in [0, 0.1) is 11.7 Å². The Morgan fingerprint density at radius 2 is 2.21 bits per heavy atom. The SMILES string of the molecule is NCC(CO)Cc1ccc(F)c(Br)c1. The van der Waals surface area contributed by atoms with Crippen LogP contribution in [0.4, 0.5) is 4.39 Å². The highest BCUT2D eigenvalue weighted by Crippen LogP contribution is 2.18. The van der Waals surface area contributed by atoms with Crippen LogP contribution >= 0.6 is 15.9 Å². The molecule has 1 aromatic carbocycles. The number of hydrogen-bond acceptors (Lipinski definition) is 2. The number of nitrogens with two attached hydrogens (primary N) is 1. The molecule has 2 nitrogen and oxygen atoms in total. The molecule has 0 saturated carbocycles. The van der Waals surface area contributed by atoms with Crippen LogP contribution in [0.3, 0.4) is 0 Å². The molecule has 0 amide bonds. The first kappa shape index (κ1) is 11.6. The van der Waals surface area contributed by atoms with Gasteiger partial charge in [-0.2, -0.15) is 0 Å². The molecule has 4 heteroatoms. The molecule has 0 fully saturated rings. The zero-order valence-electron chi connectivity index (χ0n) is 7.71. The fourth-order valence-electron chi connectivity index (χ4n) is 1.22. The second-order valence-corrected chi connectivity index (χ2v) is 4.09. The lowest BCUT2D eigenvalue weighted by Crippen LogP contribution is -2.20. The number of aliphatic hydroxyl groups excluding tert-OH is 1. The molecule has 0 aromatic heterocycles. The van der Waals surface area contributed by atoms with Crippen molar-refractivity contribution < 1.29 is 9.50 Å². The smallest absolute Gasteiger partial charge is 0.137 e. The molecule has 0 heterocycles. The van der Waals surface area contributed by atoms with Crippen molar-refractivity contribution in [2.45, 2.75) is 6.42 Å². The Kier molecular flexibility index (Phi) is 4.51. The molecule has 0 aliphatic heterocycles. The van der Waals surface area contributed by atoms with E-state index in [4.69, 9.17) is 10.8 Å². The van der Waals surface area contributed by atoms with Crippen molar-refractivity contribution in [1.82, 2.24) is 0 Å². The van der Waals surface area contributed by atoms with Crippen LogP contribution in [-0.2, 0) is 6.42 Å². The Morgan fingerprint density at radius 1 is 1.50 bits per heavy atom. The van der Waals surface area contributed by atoms with Gasteiger partial charge in [0, 0.05) is 6.61 Å². The van der Waals surface area contributed by atoms with Crippen molar-refractivity contribution in [2.75, 3.05) is 13.2 Å². The Labute approximate surface area is 91.1 Å². The van der Waals surface area contributed by atoms with Gasteiger partial charge in [-0.05, 0) is 52.5 Å². The molecule has 1 aromatic rings. The first-order valence-corrected chi connectivity index (χ1v) is 5.21. The van der Waals surface area contributed by atoms with E-state index in [-0.39, 0.29) is 18.3 Å². The predicted octanol–water partition coefficient (Wildman–Crippen LogP) is 1.70. The Balaban J connectivity index is 2.72. The summed E-state index contributed by atoms with van der Waals surface area (Å²) < 4.78 is 13.3. The van der Waals surface area contributed by atoms with Gasteiger partial charge in [-0.15, -0.1) is 0 Å². The molecular formula is C10H13BrFNO. The Hall–Kier alpha value is -0.450. The molecular weight excluding hydrogens is 249 g/mol. The summed E-state index contributed by atoms with van der Waals surface area (Å²) in [5.41, 5.74) is 6.43. The summed E-state index contributed by atoms with van der Waals surface area (Å²) in [4.78, 5) is 0. The summed E-state index contributed by atoms with van der Waals surface area (Å²) >= 11 is 3.11. The lowest BCUT2D eigenvalue weighted by atomic mass is 10.0. The fraction of sp³-hybridized carbons (Fsp3) is 0.400. The summed E-state index contributed by atoms with van der Waals surface area (Å²) in [6, 6.07) is 4.83. The molecule has 78 valence electrons. The third kappa shape index (κ3) is 3.04. The molecule has 14 heavy (non-hydrogen) atoms. The number of hydrogen-bond donors (Lipinski definition) is 2. The van der Waals surface area contributed by atoms with Gasteiger partial charge < -0.3 is 10.8 Å². The zero-order valence-corrected chi connectivity index (χ0v) is 9.30. The average molecular weight is 262 g/mol. The average Bonchev–Trinajstić information content (AvgIpc) is 2.19. The van der Waals surface area contributed by atoms with Crippen LogP contribution in [0.1, 0.15) is 5.56 Å². The van der Waals surface area contributed by atoms with Crippen LogP contribution in [0.2, 0.25) is 0 Å². The van der Waals surface area contributed by atoms with Gasteiger partial charge in [0.05, 0.1) is 4.47 Å². The number of aliphatic hydroxyl groups is 1. The molecule has 0 aliphatic rings. The third-order valence-corrected chi connectivity index (χ3v) is 2.71. The van der Waals surface area contributed by atoms with E-state index in [0.29, 0.717) is 17.4 Å². The number of halogens is 2. The minimum atomic E-state index is -0.276. The summed E-state index contributed by atoms with van der Waals surface area (Å²) in [6.07, 6.45) is 0.672. The van der Waals surface area contributed by atoms with Crippen LogP contribution < -0.4 is 5.73 Å². The van der Waals surface area contributed by atoms with E-state index in [9.17, 15) is 4.39 Å². The van der Waals surface area contributed by atoms with E-state index in [0.717, 1.165) is 5.56 Å². The van der Waals surface area contributed by atoms with Gasteiger partial charge >= 0.3 is 0 Å². The van der Waals surface area contributed by atoms with Crippen LogP contribution in [0.25, 0.3) is 0 Å². The van der Waals surface area contributed by atoms with Gasteiger partial charge in [0.25, 0.3) is 0 Å². The molecule has 3 N–H and O–H groups in total. The van der Waals surface area contributed by atoms with Gasteiger partial charge in [-0.1, -0.05) is 6.07 Å². The van der Waals surface area contributed by atoms with E-state index < -0.39 is 0 Å². The van der Waals surface area contributed by atoms with Crippen molar-refractivity contribution in [1.29, 1.82) is 0 Å². The monoisotopic (exact) mass is 261 g/mol. The van der Waals surface area contributed by atoms with Crippen molar-refractivity contribution in [2.24, 2.45) is 11.7 Å². The second kappa shape index (κ2) is 5.44. The summed E-state index contributed by atoms with van der Waals surface area (Å²) in [6.45, 7) is 0.497. The Bertz CT molecular complexity index is 302. The molecule has 1 rings (SSSR count). The van der Waals surface area contributed by atoms with E-state index in [1.807, 2.05) is 0 Å². The van der Waals surface area contributed by atoms with Gasteiger partial charge in [0.15, 0.2) is 0 Å². The molecule has 0 radical (unpaired) electrons. The second-order valence-electron chi connectivity index (χ2n) is 3.24. The topological polar surface area (TPSA) is 46.2 Å². The lowest BCUT2D eigenvalue weighted by Gasteiger charge is -2.11. The van der Waals surface area contributed by atoms with Crippen LogP contribution in [-0.4, -0.2) is 18.3 Å². The van der Waals surface area contributed by atoms with Crippen molar-refractivity contribution >= 4 is 15.9 Å². The van der Waals surface area contributed by atoms with Crippen molar-refractivity contribution in [3.05, 3.63) is 34.1 Å². The largest absolute Gasteiger partial charge is 0.396 e. The predicted molar refractivity (Wildman–Crippen MR) is 57.4 cm³/mol. The molecule has 0 saturated heterocycles. The minimum Gasteiger partial charge on any atom is -0.396 e. The fourth-order valence-corrected chi connectivity index (χ4v) is 1.65. The van der Waals surface area contributed by atoms with Crippen LogP contribution in [0.5, 0.6) is 0 Å². The van der Waals surface area contributed by atoms with E-state index >= 15 is 0 Å².